The van der Waals surface area contributed by atoms with Crippen LogP contribution in [0.1, 0.15) is 27.7 Å². The van der Waals surface area contributed by atoms with E-state index < -0.39 is 17.9 Å². The number of aliphatic hydroxyl groups is 1. The molecule has 0 heterocycles. The normalized spacial score (nSPS) is 5.81. The van der Waals surface area contributed by atoms with Crippen molar-refractivity contribution in [1.82, 2.24) is 0 Å². The quantitative estimate of drug-likeness (QED) is 0.449. The van der Waals surface area contributed by atoms with Gasteiger partial charge < -0.3 is 34.8 Å². The van der Waals surface area contributed by atoms with Crippen molar-refractivity contribution in [3.63, 3.8) is 0 Å². The van der Waals surface area contributed by atoms with E-state index in [-0.39, 0.29) is 23.7 Å². The van der Waals surface area contributed by atoms with Gasteiger partial charge in [-0.25, -0.2) is 0 Å². The first kappa shape index (κ1) is 29.4. The minimum Gasteiger partial charge on any atom is -0.550 e. The largest absolute Gasteiger partial charge is 3.00 e. The van der Waals surface area contributed by atoms with Gasteiger partial charge in [0.05, 0.1) is 0 Å². The topological polar surface area (TPSA) is 141 Å². The summed E-state index contributed by atoms with van der Waals surface area (Å²) in [4.78, 5) is 26.7. The Labute approximate surface area is 105 Å². The van der Waals surface area contributed by atoms with Gasteiger partial charge in [0.1, 0.15) is 0 Å². The summed E-state index contributed by atoms with van der Waals surface area (Å²) >= 11 is 0. The molecule has 97 valence electrons. The van der Waals surface area contributed by atoms with Crippen LogP contribution >= 0.6 is 0 Å². The number of carbonyl (C=O) groups is 3. The Kier molecular flexibility index (Phi) is 53.6. The summed E-state index contributed by atoms with van der Waals surface area (Å²) in [6, 6.07) is 0. The van der Waals surface area contributed by atoms with Crippen LogP contribution in [0.25, 0.3) is 0 Å². The molecule has 1 N–H and O–H groups in total. The first-order valence-corrected chi connectivity index (χ1v) is 3.75. The second-order valence-electron chi connectivity index (χ2n) is 1.79. The fourth-order valence-corrected chi connectivity index (χ4v) is 0. The smallest absolute Gasteiger partial charge is 0.550 e. The molecule has 0 aliphatic carbocycles. The number of carboxylic acid groups (broad SMARTS) is 3. The molecule has 16 heavy (non-hydrogen) atoms. The summed E-state index contributed by atoms with van der Waals surface area (Å²) in [5.41, 5.74) is 0. The van der Waals surface area contributed by atoms with E-state index in [1.54, 1.807) is 6.92 Å². The van der Waals surface area contributed by atoms with Crippen molar-refractivity contribution >= 4 is 17.9 Å². The van der Waals surface area contributed by atoms with Gasteiger partial charge in [-0.1, -0.05) is 0 Å². The number of hydrogen-bond acceptors (Lipinski definition) is 7. The standard InChI is InChI=1S/3C2H4O2.C2H6O.Fe/c3*1-2(3)4;1-2-3;/h3*1H3,(H,3,4);3H,2H2,1H3;/q;;;;+3/p-3. The zero-order valence-electron chi connectivity index (χ0n) is 9.46. The third kappa shape index (κ3) is 1480. The van der Waals surface area contributed by atoms with Gasteiger partial charge in [-0.15, -0.1) is 0 Å². The fraction of sp³-hybridized carbons (Fsp3) is 0.625. The molecule has 0 spiro atoms. The van der Waals surface area contributed by atoms with Gasteiger partial charge in [0.25, 0.3) is 0 Å². The second-order valence-corrected chi connectivity index (χ2v) is 1.79. The van der Waals surface area contributed by atoms with Crippen molar-refractivity contribution in [3.05, 3.63) is 0 Å². The Bertz CT molecular complexity index is 129. The van der Waals surface area contributed by atoms with E-state index in [2.05, 4.69) is 0 Å². The van der Waals surface area contributed by atoms with Gasteiger partial charge in [0.15, 0.2) is 0 Å². The Morgan fingerprint density at radius 2 is 0.875 bits per heavy atom. The molecule has 0 saturated carbocycles. The SMILES string of the molecule is CC(=O)[O-].CC(=O)[O-].CC(=O)[O-].CCO.[Fe+3]. The first-order valence-electron chi connectivity index (χ1n) is 3.75. The van der Waals surface area contributed by atoms with Crippen LogP contribution in [0.4, 0.5) is 0 Å². The maximum atomic E-state index is 8.89. The van der Waals surface area contributed by atoms with Crippen molar-refractivity contribution in [3.8, 4) is 0 Å². The zero-order chi connectivity index (χ0) is 13.4. The van der Waals surface area contributed by atoms with Gasteiger partial charge >= 0.3 is 17.1 Å². The summed E-state index contributed by atoms with van der Waals surface area (Å²) in [5.74, 6) is -3.25. The predicted molar refractivity (Wildman–Crippen MR) is 44.8 cm³/mol. The number of hydrogen-bond donors (Lipinski definition) is 1. The molecule has 0 bridgehead atoms. The van der Waals surface area contributed by atoms with Crippen LogP contribution in [0.5, 0.6) is 0 Å². The van der Waals surface area contributed by atoms with E-state index in [1.807, 2.05) is 0 Å². The molecule has 1 radical (unpaired) electrons. The van der Waals surface area contributed by atoms with Gasteiger partial charge in [-0.05, 0) is 27.7 Å². The predicted octanol–water partition coefficient (Wildman–Crippen LogP) is -3.74. The second kappa shape index (κ2) is 29.2. The molecule has 0 aromatic rings. The van der Waals surface area contributed by atoms with E-state index in [0.29, 0.717) is 0 Å². The van der Waals surface area contributed by atoms with Crippen molar-refractivity contribution in [2.24, 2.45) is 0 Å². The molecule has 0 aliphatic rings. The van der Waals surface area contributed by atoms with Gasteiger partial charge in [0.2, 0.25) is 0 Å². The van der Waals surface area contributed by atoms with Crippen molar-refractivity contribution in [1.29, 1.82) is 0 Å². The molecule has 0 atom stereocenters. The Balaban J connectivity index is -0.0000000331. The van der Waals surface area contributed by atoms with Crippen LogP contribution in [-0.2, 0) is 31.5 Å². The van der Waals surface area contributed by atoms with E-state index in [1.165, 1.54) is 0 Å². The summed E-state index contributed by atoms with van der Waals surface area (Å²) in [7, 11) is 0. The van der Waals surface area contributed by atoms with E-state index in [4.69, 9.17) is 34.8 Å². The number of aliphatic hydroxyl groups excluding tert-OH is 1. The average molecular weight is 279 g/mol. The third-order valence-corrected chi connectivity index (χ3v) is 0. The zero-order valence-corrected chi connectivity index (χ0v) is 10.6. The molecule has 0 aromatic carbocycles. The number of aliphatic carboxylic acids is 3. The summed E-state index contributed by atoms with van der Waals surface area (Å²) in [5, 5.41) is 34.2. The molecule has 0 rings (SSSR count). The van der Waals surface area contributed by atoms with Crippen LogP contribution in [-0.4, -0.2) is 29.6 Å². The van der Waals surface area contributed by atoms with Crippen LogP contribution < -0.4 is 15.3 Å². The molecular formula is C8H15FeO7. The third-order valence-electron chi connectivity index (χ3n) is 0. The van der Waals surface area contributed by atoms with Gasteiger partial charge in [0, 0.05) is 24.5 Å². The van der Waals surface area contributed by atoms with E-state index in [9.17, 15) is 0 Å². The minimum absolute atomic E-state index is 0. The Morgan fingerprint density at radius 1 is 0.875 bits per heavy atom. The molecular weight excluding hydrogens is 264 g/mol. The molecule has 7 nitrogen and oxygen atoms in total. The van der Waals surface area contributed by atoms with Crippen LogP contribution in [0.3, 0.4) is 0 Å². The Morgan fingerprint density at radius 3 is 0.875 bits per heavy atom. The molecule has 0 amide bonds. The van der Waals surface area contributed by atoms with Crippen LogP contribution in [0.15, 0.2) is 0 Å². The summed E-state index contributed by atoms with van der Waals surface area (Å²) in [6.45, 7) is 4.85. The minimum atomic E-state index is -1.08. The van der Waals surface area contributed by atoms with Gasteiger partial charge in [-0.3, -0.25) is 0 Å². The molecule has 0 unspecified atom stereocenters. The monoisotopic (exact) mass is 279 g/mol. The number of rotatable bonds is 0. The van der Waals surface area contributed by atoms with E-state index in [0.717, 1.165) is 20.8 Å². The molecule has 0 saturated heterocycles. The van der Waals surface area contributed by atoms with Crippen molar-refractivity contribution in [2.45, 2.75) is 27.7 Å². The van der Waals surface area contributed by atoms with Crippen LogP contribution in [0.2, 0.25) is 0 Å². The summed E-state index contributed by atoms with van der Waals surface area (Å²) < 4.78 is 0. The molecule has 8 heteroatoms. The maximum absolute atomic E-state index is 8.89. The maximum Gasteiger partial charge on any atom is 3.00 e. The fourth-order valence-electron chi connectivity index (χ4n) is 0. The van der Waals surface area contributed by atoms with Crippen LogP contribution in [0, 0.1) is 0 Å². The average Bonchev–Trinajstić information content (AvgIpc) is 1.81. The van der Waals surface area contributed by atoms with Crippen molar-refractivity contribution < 1.29 is 51.9 Å². The van der Waals surface area contributed by atoms with Crippen molar-refractivity contribution in [2.75, 3.05) is 6.61 Å². The Hall–Kier alpha value is -1.11. The molecule has 0 fully saturated rings. The van der Waals surface area contributed by atoms with Gasteiger partial charge in [-0.2, -0.15) is 0 Å². The summed E-state index contributed by atoms with van der Waals surface area (Å²) in [6.07, 6.45) is 0. The molecule has 0 aromatic heterocycles. The van der Waals surface area contributed by atoms with E-state index >= 15 is 0 Å². The molecule has 0 aliphatic heterocycles. The number of carbonyl (C=O) groups excluding carboxylic acids is 3. The number of carboxylic acids is 3. The first-order chi connectivity index (χ1) is 6.61.